The Bertz CT molecular complexity index is 1200. The fraction of sp³-hybridized carbons (Fsp3) is 0.391. The van der Waals surface area contributed by atoms with Crippen LogP contribution in [0.15, 0.2) is 29.0 Å². The first-order chi connectivity index (χ1) is 16.0. The highest BCUT2D eigenvalue weighted by atomic mass is 127. The van der Waals surface area contributed by atoms with Crippen molar-refractivity contribution in [2.45, 2.75) is 31.8 Å². The van der Waals surface area contributed by atoms with E-state index in [1.165, 1.54) is 6.07 Å². The van der Waals surface area contributed by atoms with Gasteiger partial charge in [0.1, 0.15) is 22.8 Å². The fourth-order valence-corrected chi connectivity index (χ4v) is 5.71. The Morgan fingerprint density at radius 1 is 1.21 bits per heavy atom. The standard InChI is InChI=1S/C23H22INO9/c1-2-33-15(27)8-34-14-7-10-5-9-6-11-12(24)3-4-13(26)17(11)19(28)16(9)20(29)23(10,32)21(30)18(14)22(25)31/h3-4,9-10,26,28,32H,2,5-8H2,1H3,(H2,25,31)/t9-,10+,23+/m1/s1. The van der Waals surface area contributed by atoms with Gasteiger partial charge in [-0.05, 0) is 66.0 Å². The Labute approximate surface area is 207 Å². The van der Waals surface area contributed by atoms with E-state index in [0.29, 0.717) is 12.0 Å². The Morgan fingerprint density at radius 3 is 2.56 bits per heavy atom. The molecule has 11 heteroatoms. The van der Waals surface area contributed by atoms with Gasteiger partial charge in [0.25, 0.3) is 5.91 Å². The number of aromatic hydroxyl groups is 1. The molecular weight excluding hydrogens is 561 g/mol. The zero-order valence-electron chi connectivity index (χ0n) is 18.1. The smallest absolute Gasteiger partial charge is 0.344 e. The zero-order valence-corrected chi connectivity index (χ0v) is 20.2. The number of ketones is 2. The molecule has 10 nitrogen and oxygen atoms in total. The highest BCUT2D eigenvalue weighted by Gasteiger charge is 2.61. The van der Waals surface area contributed by atoms with Gasteiger partial charge in [-0.25, -0.2) is 4.79 Å². The number of primary amides is 1. The SMILES string of the molecule is CCOC(=O)COC1=C(C(N)=O)C(=O)[C@@]2(O)C(=O)C3=C(O)c4c(O)ccc(I)c4C[C@H]3C[C@H]2C1. The number of Topliss-reactive ketones (excluding diaryl/α,β-unsaturated/α-hetero) is 2. The summed E-state index contributed by atoms with van der Waals surface area (Å²) in [4.78, 5) is 50.6. The van der Waals surface area contributed by atoms with Crippen molar-refractivity contribution in [2.75, 3.05) is 13.2 Å². The van der Waals surface area contributed by atoms with Gasteiger partial charge >= 0.3 is 5.97 Å². The molecule has 0 aliphatic heterocycles. The van der Waals surface area contributed by atoms with Gasteiger partial charge < -0.3 is 30.5 Å². The number of phenols is 1. The molecule has 3 aliphatic rings. The van der Waals surface area contributed by atoms with Crippen LogP contribution in [0.3, 0.4) is 0 Å². The number of phenolic OH excluding ortho intramolecular Hbond substituents is 1. The average Bonchev–Trinajstić information content (AvgIpc) is 2.77. The molecule has 4 rings (SSSR count). The number of hydrogen-bond acceptors (Lipinski definition) is 9. The van der Waals surface area contributed by atoms with E-state index in [2.05, 4.69) is 22.6 Å². The van der Waals surface area contributed by atoms with Gasteiger partial charge in [0.2, 0.25) is 11.6 Å². The summed E-state index contributed by atoms with van der Waals surface area (Å²) < 4.78 is 11.0. The van der Waals surface area contributed by atoms with Crippen LogP contribution < -0.4 is 5.73 Å². The molecule has 0 spiro atoms. The van der Waals surface area contributed by atoms with Crippen molar-refractivity contribution in [1.29, 1.82) is 0 Å². The van der Waals surface area contributed by atoms with E-state index in [1.807, 2.05) is 0 Å². The zero-order chi connectivity index (χ0) is 24.9. The predicted octanol–water partition coefficient (Wildman–Crippen LogP) is 1.05. The minimum Gasteiger partial charge on any atom is -0.507 e. The molecule has 1 fully saturated rings. The summed E-state index contributed by atoms with van der Waals surface area (Å²) in [5.74, 6) is -6.66. The van der Waals surface area contributed by atoms with Gasteiger partial charge in [0, 0.05) is 21.5 Å². The highest BCUT2D eigenvalue weighted by Crippen LogP contribution is 2.51. The molecule has 1 amide bonds. The molecule has 1 aromatic rings. The number of carbonyl (C=O) groups excluding carboxylic acids is 4. The van der Waals surface area contributed by atoms with E-state index >= 15 is 0 Å². The molecule has 180 valence electrons. The summed E-state index contributed by atoms with van der Waals surface area (Å²) in [5, 5.41) is 32.6. The minimum absolute atomic E-state index is 0.0842. The second-order valence-electron chi connectivity index (χ2n) is 8.40. The first-order valence-corrected chi connectivity index (χ1v) is 11.7. The monoisotopic (exact) mass is 583 g/mol. The van der Waals surface area contributed by atoms with Crippen LogP contribution in [0.1, 0.15) is 30.9 Å². The number of carbonyl (C=O) groups is 4. The predicted molar refractivity (Wildman–Crippen MR) is 124 cm³/mol. The molecule has 1 saturated carbocycles. The van der Waals surface area contributed by atoms with E-state index in [9.17, 15) is 34.5 Å². The quantitative estimate of drug-likeness (QED) is 0.171. The molecular formula is C23H22INO9. The molecule has 1 aromatic carbocycles. The number of esters is 1. The van der Waals surface area contributed by atoms with Gasteiger partial charge in [0.15, 0.2) is 12.2 Å². The summed E-state index contributed by atoms with van der Waals surface area (Å²) in [5.41, 5.74) is 2.59. The largest absolute Gasteiger partial charge is 0.507 e. The molecule has 0 aromatic heterocycles. The van der Waals surface area contributed by atoms with Gasteiger partial charge in [-0.2, -0.15) is 0 Å². The number of aliphatic hydroxyl groups excluding tert-OH is 1. The number of amides is 1. The summed E-state index contributed by atoms with van der Waals surface area (Å²) in [7, 11) is 0. The summed E-state index contributed by atoms with van der Waals surface area (Å²) in [6.07, 6.45) is 0.205. The highest BCUT2D eigenvalue weighted by molar-refractivity contribution is 14.1. The van der Waals surface area contributed by atoms with Crippen molar-refractivity contribution < 1.29 is 44.0 Å². The van der Waals surface area contributed by atoms with Crippen molar-refractivity contribution in [1.82, 2.24) is 0 Å². The van der Waals surface area contributed by atoms with Crippen LogP contribution in [-0.2, 0) is 35.1 Å². The normalized spacial score (nSPS) is 26.0. The number of benzene rings is 1. The number of aliphatic hydroxyl groups is 2. The maximum Gasteiger partial charge on any atom is 0.344 e. The van der Waals surface area contributed by atoms with E-state index in [-0.39, 0.29) is 42.1 Å². The molecule has 3 aliphatic carbocycles. The number of nitrogens with two attached hydrogens (primary N) is 1. The second kappa shape index (κ2) is 8.69. The summed E-state index contributed by atoms with van der Waals surface area (Å²) >= 11 is 2.06. The van der Waals surface area contributed by atoms with Crippen LogP contribution in [0.25, 0.3) is 5.76 Å². The summed E-state index contributed by atoms with van der Waals surface area (Å²) in [6, 6.07) is 3.07. The van der Waals surface area contributed by atoms with E-state index in [4.69, 9.17) is 15.2 Å². The van der Waals surface area contributed by atoms with Crippen LogP contribution in [0, 0.1) is 15.4 Å². The fourth-order valence-electron chi connectivity index (χ4n) is 5.04. The topological polar surface area (TPSA) is 173 Å². The van der Waals surface area contributed by atoms with Crippen molar-refractivity contribution in [3.63, 3.8) is 0 Å². The molecule has 0 radical (unpaired) electrons. The molecule has 34 heavy (non-hydrogen) atoms. The summed E-state index contributed by atoms with van der Waals surface area (Å²) in [6.45, 7) is 1.13. The third kappa shape index (κ3) is 3.57. The van der Waals surface area contributed by atoms with Crippen LogP contribution in [0.4, 0.5) is 0 Å². The number of ether oxygens (including phenoxy) is 2. The van der Waals surface area contributed by atoms with Gasteiger partial charge in [-0.15, -0.1) is 0 Å². The van der Waals surface area contributed by atoms with Crippen molar-refractivity contribution in [3.05, 3.63) is 43.7 Å². The Balaban J connectivity index is 1.78. The van der Waals surface area contributed by atoms with Crippen LogP contribution in [0.2, 0.25) is 0 Å². The van der Waals surface area contributed by atoms with Crippen molar-refractivity contribution in [2.24, 2.45) is 17.6 Å². The first-order valence-electron chi connectivity index (χ1n) is 10.6. The van der Waals surface area contributed by atoms with Crippen molar-refractivity contribution in [3.8, 4) is 5.75 Å². The molecule has 0 heterocycles. The first kappa shape index (κ1) is 24.2. The minimum atomic E-state index is -2.64. The maximum absolute atomic E-state index is 13.5. The number of fused-ring (bicyclic) bond motifs is 3. The van der Waals surface area contributed by atoms with E-state index < -0.39 is 58.8 Å². The van der Waals surface area contributed by atoms with Gasteiger partial charge in [-0.1, -0.05) is 0 Å². The molecule has 3 atom stereocenters. The maximum atomic E-state index is 13.5. The number of hydrogen-bond donors (Lipinski definition) is 4. The molecule has 0 bridgehead atoms. The lowest BCUT2D eigenvalue weighted by Gasteiger charge is -2.46. The molecule has 0 saturated heterocycles. The van der Waals surface area contributed by atoms with Crippen LogP contribution >= 0.6 is 22.6 Å². The third-order valence-corrected chi connectivity index (χ3v) is 7.55. The van der Waals surface area contributed by atoms with Gasteiger partial charge in [0.05, 0.1) is 12.2 Å². The number of halogens is 1. The Kier molecular flexibility index (Phi) is 6.19. The third-order valence-electron chi connectivity index (χ3n) is 6.53. The van der Waals surface area contributed by atoms with E-state index in [0.717, 1.165) is 3.57 Å². The van der Waals surface area contributed by atoms with Crippen LogP contribution in [-0.4, -0.2) is 57.6 Å². The lowest BCUT2D eigenvalue weighted by Crippen LogP contribution is -2.61. The van der Waals surface area contributed by atoms with Crippen LogP contribution in [0.5, 0.6) is 5.75 Å². The lowest BCUT2D eigenvalue weighted by molar-refractivity contribution is -0.160. The Morgan fingerprint density at radius 2 is 1.91 bits per heavy atom. The Hall–Kier alpha value is -2.93. The number of allylic oxidation sites excluding steroid dienone is 1. The lowest BCUT2D eigenvalue weighted by atomic mass is 9.58. The van der Waals surface area contributed by atoms with Crippen molar-refractivity contribution >= 4 is 51.8 Å². The second-order valence-corrected chi connectivity index (χ2v) is 9.56. The van der Waals surface area contributed by atoms with Gasteiger partial charge in [-0.3, -0.25) is 14.4 Å². The van der Waals surface area contributed by atoms with E-state index in [1.54, 1.807) is 13.0 Å². The molecule has 5 N–H and O–H groups in total. The number of rotatable bonds is 5. The molecule has 0 unspecified atom stereocenters. The average molecular weight is 583 g/mol.